The average Bonchev–Trinajstić information content (AvgIpc) is 2.48. The van der Waals surface area contributed by atoms with Crippen LogP contribution in [0.1, 0.15) is 0 Å². The summed E-state index contributed by atoms with van der Waals surface area (Å²) in [7, 11) is -1.00. The first kappa shape index (κ1) is 16.6. The molecule has 22 heavy (non-hydrogen) atoms. The molecule has 0 aromatic heterocycles. The molecule has 0 atom stereocenters. The molecule has 0 aliphatic rings. The first-order valence-corrected chi connectivity index (χ1v) is 8.35. The van der Waals surface area contributed by atoms with Crippen molar-refractivity contribution in [3.63, 3.8) is 0 Å². The van der Waals surface area contributed by atoms with E-state index in [4.69, 9.17) is 9.47 Å². The Morgan fingerprint density at radius 3 is 2.14 bits per heavy atom. The Hall–Kier alpha value is -1.80. The summed E-state index contributed by atoms with van der Waals surface area (Å²) in [4.78, 5) is -0.0190. The molecule has 1 N–H and O–H groups in total. The number of rotatable bonds is 5. The molecule has 0 bridgehead atoms. The van der Waals surface area contributed by atoms with Crippen LogP contribution in [-0.2, 0) is 10.0 Å². The molecular formula is C14H13BrFNO4S. The molecule has 0 radical (unpaired) electrons. The Balaban J connectivity index is 2.42. The molecule has 0 unspecified atom stereocenters. The lowest BCUT2D eigenvalue weighted by Gasteiger charge is -2.13. The van der Waals surface area contributed by atoms with Crippen LogP contribution >= 0.6 is 15.9 Å². The molecule has 0 fully saturated rings. The van der Waals surface area contributed by atoms with E-state index in [1.807, 2.05) is 0 Å². The van der Waals surface area contributed by atoms with Gasteiger partial charge >= 0.3 is 0 Å². The smallest absolute Gasteiger partial charge is 0.263 e. The molecule has 0 heterocycles. The maximum Gasteiger partial charge on any atom is 0.263 e. The highest BCUT2D eigenvalue weighted by molar-refractivity contribution is 9.10. The molecule has 2 rings (SSSR count). The van der Waals surface area contributed by atoms with E-state index in [-0.39, 0.29) is 16.3 Å². The van der Waals surface area contributed by atoms with Gasteiger partial charge in [-0.3, -0.25) is 4.72 Å². The SMILES string of the molecule is COc1cc(Br)c(S(=O)(=O)Nc2ccc(F)cc2)cc1OC. The summed E-state index contributed by atoms with van der Waals surface area (Å²) in [6, 6.07) is 7.85. The number of methoxy groups -OCH3 is 2. The highest BCUT2D eigenvalue weighted by Gasteiger charge is 2.21. The number of hydrogen-bond acceptors (Lipinski definition) is 4. The van der Waals surface area contributed by atoms with Crippen molar-refractivity contribution in [2.75, 3.05) is 18.9 Å². The van der Waals surface area contributed by atoms with E-state index < -0.39 is 15.8 Å². The number of anilines is 1. The maximum absolute atomic E-state index is 12.9. The highest BCUT2D eigenvalue weighted by Crippen LogP contribution is 2.36. The minimum Gasteiger partial charge on any atom is -0.493 e. The van der Waals surface area contributed by atoms with E-state index in [0.717, 1.165) is 0 Å². The molecule has 2 aromatic carbocycles. The summed E-state index contributed by atoms with van der Waals surface area (Å²) >= 11 is 3.20. The lowest BCUT2D eigenvalue weighted by atomic mass is 10.3. The van der Waals surface area contributed by atoms with Crippen molar-refractivity contribution in [1.82, 2.24) is 0 Å². The largest absolute Gasteiger partial charge is 0.493 e. The van der Waals surface area contributed by atoms with Gasteiger partial charge in [0, 0.05) is 16.2 Å². The van der Waals surface area contributed by atoms with Gasteiger partial charge in [0.15, 0.2) is 11.5 Å². The first-order valence-electron chi connectivity index (χ1n) is 6.07. The van der Waals surface area contributed by atoms with Crippen molar-refractivity contribution >= 4 is 31.6 Å². The lowest BCUT2D eigenvalue weighted by molar-refractivity contribution is 0.353. The molecule has 5 nitrogen and oxygen atoms in total. The molecule has 0 aliphatic carbocycles. The molecule has 0 spiro atoms. The lowest BCUT2D eigenvalue weighted by Crippen LogP contribution is -2.14. The van der Waals surface area contributed by atoms with Crippen molar-refractivity contribution in [2.45, 2.75) is 4.90 Å². The average molecular weight is 390 g/mol. The molecule has 0 saturated heterocycles. The van der Waals surface area contributed by atoms with Gasteiger partial charge in [-0.25, -0.2) is 12.8 Å². The van der Waals surface area contributed by atoms with Crippen molar-refractivity contribution in [3.05, 3.63) is 46.7 Å². The van der Waals surface area contributed by atoms with Gasteiger partial charge in [0.1, 0.15) is 10.7 Å². The number of ether oxygens (including phenoxy) is 2. The summed E-state index contributed by atoms with van der Waals surface area (Å²) in [5.41, 5.74) is 0.253. The second kappa shape index (κ2) is 6.53. The molecule has 2 aromatic rings. The van der Waals surface area contributed by atoms with Gasteiger partial charge in [-0.2, -0.15) is 0 Å². The van der Waals surface area contributed by atoms with Gasteiger partial charge in [0.05, 0.1) is 14.2 Å². The van der Waals surface area contributed by atoms with Crippen LogP contribution in [0.15, 0.2) is 45.8 Å². The van der Waals surface area contributed by atoms with E-state index >= 15 is 0 Å². The Morgan fingerprint density at radius 2 is 1.59 bits per heavy atom. The van der Waals surface area contributed by atoms with Crippen molar-refractivity contribution in [1.29, 1.82) is 0 Å². The second-order valence-electron chi connectivity index (χ2n) is 4.25. The van der Waals surface area contributed by atoms with Gasteiger partial charge in [0.2, 0.25) is 0 Å². The molecular weight excluding hydrogens is 377 g/mol. The predicted molar refractivity (Wildman–Crippen MR) is 84.5 cm³/mol. The Morgan fingerprint density at radius 1 is 1.05 bits per heavy atom. The summed E-state index contributed by atoms with van der Waals surface area (Å²) in [6.45, 7) is 0. The van der Waals surface area contributed by atoms with E-state index in [1.165, 1.54) is 50.6 Å². The third kappa shape index (κ3) is 3.50. The van der Waals surface area contributed by atoms with E-state index in [1.54, 1.807) is 0 Å². The van der Waals surface area contributed by atoms with Crippen LogP contribution in [0.4, 0.5) is 10.1 Å². The van der Waals surface area contributed by atoms with Crippen LogP contribution in [0, 0.1) is 5.82 Å². The number of benzene rings is 2. The molecule has 0 aliphatic heterocycles. The van der Waals surface area contributed by atoms with Gasteiger partial charge < -0.3 is 9.47 Å². The van der Waals surface area contributed by atoms with Gasteiger partial charge in [0.25, 0.3) is 10.0 Å². The van der Waals surface area contributed by atoms with Crippen molar-refractivity contribution in [2.24, 2.45) is 0 Å². The number of sulfonamides is 1. The Labute approximate surface area is 136 Å². The third-order valence-corrected chi connectivity index (χ3v) is 5.16. The monoisotopic (exact) mass is 389 g/mol. The summed E-state index contributed by atoms with van der Waals surface area (Å²) in [5, 5.41) is 0. The highest BCUT2D eigenvalue weighted by atomic mass is 79.9. The Bertz CT molecular complexity index is 778. The summed E-state index contributed by atoms with van der Waals surface area (Å²) < 4.78 is 50.7. The van der Waals surface area contributed by atoms with E-state index in [2.05, 4.69) is 20.7 Å². The van der Waals surface area contributed by atoms with Gasteiger partial charge in [-0.15, -0.1) is 0 Å². The van der Waals surface area contributed by atoms with Crippen LogP contribution in [0.25, 0.3) is 0 Å². The molecule has 118 valence electrons. The third-order valence-electron chi connectivity index (χ3n) is 2.82. The number of halogens is 2. The standard InChI is InChI=1S/C14H13BrFNO4S/c1-20-12-7-11(15)14(8-13(12)21-2)22(18,19)17-10-5-3-9(16)4-6-10/h3-8,17H,1-2H3. The fourth-order valence-corrected chi connectivity index (χ4v) is 3.87. The Kier molecular flexibility index (Phi) is 4.92. The summed E-state index contributed by atoms with van der Waals surface area (Å²) in [5.74, 6) is 0.232. The van der Waals surface area contributed by atoms with E-state index in [0.29, 0.717) is 10.2 Å². The number of nitrogens with one attached hydrogen (secondary N) is 1. The summed E-state index contributed by atoms with van der Waals surface area (Å²) in [6.07, 6.45) is 0. The van der Waals surface area contributed by atoms with Crippen molar-refractivity contribution in [3.8, 4) is 11.5 Å². The fourth-order valence-electron chi connectivity index (χ4n) is 1.77. The van der Waals surface area contributed by atoms with Gasteiger partial charge in [-0.05, 0) is 46.3 Å². The zero-order chi connectivity index (χ0) is 16.3. The van der Waals surface area contributed by atoms with Crippen LogP contribution in [-0.4, -0.2) is 22.6 Å². The maximum atomic E-state index is 12.9. The number of hydrogen-bond donors (Lipinski definition) is 1. The zero-order valence-corrected chi connectivity index (χ0v) is 14.2. The fraction of sp³-hybridized carbons (Fsp3) is 0.143. The zero-order valence-electron chi connectivity index (χ0n) is 11.8. The molecule has 8 heteroatoms. The van der Waals surface area contributed by atoms with Crippen LogP contribution < -0.4 is 14.2 Å². The molecule has 0 saturated carbocycles. The predicted octanol–water partition coefficient (Wildman–Crippen LogP) is 3.41. The normalized spacial score (nSPS) is 11.1. The molecule has 0 amide bonds. The van der Waals surface area contributed by atoms with Crippen LogP contribution in [0.3, 0.4) is 0 Å². The van der Waals surface area contributed by atoms with Crippen LogP contribution in [0.5, 0.6) is 11.5 Å². The first-order chi connectivity index (χ1) is 10.4. The second-order valence-corrected chi connectivity index (χ2v) is 6.76. The minimum atomic E-state index is -3.87. The van der Waals surface area contributed by atoms with E-state index in [9.17, 15) is 12.8 Å². The quantitative estimate of drug-likeness (QED) is 0.850. The van der Waals surface area contributed by atoms with Crippen LogP contribution in [0.2, 0.25) is 0 Å². The topological polar surface area (TPSA) is 64.6 Å². The minimum absolute atomic E-state index is 0.0190. The van der Waals surface area contributed by atoms with Crippen molar-refractivity contribution < 1.29 is 22.3 Å². The van der Waals surface area contributed by atoms with Gasteiger partial charge in [-0.1, -0.05) is 0 Å².